The quantitative estimate of drug-likeness (QED) is 0.510. The Labute approximate surface area is 98.9 Å². The van der Waals surface area contributed by atoms with Gasteiger partial charge in [-0.2, -0.15) is 28.3 Å². The van der Waals surface area contributed by atoms with Gasteiger partial charge in [-0.05, 0) is 0 Å². The smallest absolute Gasteiger partial charge is 0.0630 e. The molecule has 1 aromatic carbocycles. The summed E-state index contributed by atoms with van der Waals surface area (Å²) in [6.07, 6.45) is 0. The normalized spacial score (nSPS) is 8.93. The molecule has 0 atom stereocenters. The SMILES string of the molecule is C[Si]([SiH3])=[Ti]=[O].Cc1c[c-](C)c(C)c1C. The van der Waals surface area contributed by atoms with Gasteiger partial charge in [0.25, 0.3) is 0 Å². The Bertz CT molecular complexity index is 336. The van der Waals surface area contributed by atoms with Gasteiger partial charge in [0.15, 0.2) is 0 Å². The van der Waals surface area contributed by atoms with Crippen LogP contribution in [0.1, 0.15) is 22.3 Å². The number of rotatable bonds is 0. The first kappa shape index (κ1) is 14.3. The molecule has 0 aliphatic heterocycles. The van der Waals surface area contributed by atoms with Crippen LogP contribution in [-0.4, -0.2) is 15.5 Å². The van der Waals surface area contributed by atoms with E-state index in [0.717, 1.165) is 0 Å². The molecule has 0 amide bonds. The average Bonchev–Trinajstić information content (AvgIpc) is 2.34. The predicted octanol–water partition coefficient (Wildman–Crippen LogP) is 1.54. The molecule has 14 heavy (non-hydrogen) atoms. The predicted molar refractivity (Wildman–Crippen MR) is 63.2 cm³/mol. The Balaban J connectivity index is 0.000000292. The molecule has 0 aromatic heterocycles. The molecular formula is C10H19OSi2Ti-. The average molecular weight is 259 g/mol. The van der Waals surface area contributed by atoms with Crippen LogP contribution in [0, 0.1) is 27.7 Å². The Hall–Kier alpha value is 0.298. The van der Waals surface area contributed by atoms with Crippen molar-refractivity contribution in [3.05, 3.63) is 28.3 Å². The maximum absolute atomic E-state index is 9.83. The minimum absolute atomic E-state index is 0.166. The molecule has 0 bridgehead atoms. The minimum atomic E-state index is -0.642. The second-order valence-corrected chi connectivity index (χ2v) is 20.9. The molecular weight excluding hydrogens is 240 g/mol. The summed E-state index contributed by atoms with van der Waals surface area (Å²) in [5.41, 5.74) is 5.58. The number of hydrogen-bond donors (Lipinski definition) is 0. The number of hydrogen-bond acceptors (Lipinski definition) is 1. The second-order valence-electron chi connectivity index (χ2n) is 3.86. The molecule has 0 heterocycles. The summed E-state index contributed by atoms with van der Waals surface area (Å²) in [6, 6.07) is 2.24. The third-order valence-corrected chi connectivity index (χ3v) is 7.23. The molecule has 4 heteroatoms. The zero-order valence-corrected chi connectivity index (χ0v) is 14.5. The van der Waals surface area contributed by atoms with Crippen molar-refractivity contribution >= 4 is 15.5 Å². The van der Waals surface area contributed by atoms with E-state index in [0.29, 0.717) is 0 Å². The van der Waals surface area contributed by atoms with Crippen LogP contribution in [-0.2, 0) is 21.2 Å². The van der Waals surface area contributed by atoms with Crippen LogP contribution < -0.4 is 0 Å². The molecule has 0 saturated heterocycles. The fourth-order valence-corrected chi connectivity index (χ4v) is 1.13. The van der Waals surface area contributed by atoms with E-state index in [1.165, 1.54) is 32.0 Å². The van der Waals surface area contributed by atoms with Crippen LogP contribution in [0.2, 0.25) is 6.55 Å². The van der Waals surface area contributed by atoms with Gasteiger partial charge in [0.05, 0.1) is 0 Å². The van der Waals surface area contributed by atoms with Crippen molar-refractivity contribution in [2.24, 2.45) is 0 Å². The van der Waals surface area contributed by atoms with Crippen LogP contribution in [0.4, 0.5) is 0 Å². The van der Waals surface area contributed by atoms with Crippen LogP contribution in [0.3, 0.4) is 0 Å². The summed E-state index contributed by atoms with van der Waals surface area (Å²) >= 11 is -0.642. The minimum Gasteiger partial charge on any atom is -0.199 e. The Kier molecular flexibility index (Phi) is 6.86. The maximum atomic E-state index is 9.83. The third kappa shape index (κ3) is 4.69. The van der Waals surface area contributed by atoms with Crippen LogP contribution in [0.25, 0.3) is 0 Å². The van der Waals surface area contributed by atoms with Crippen molar-refractivity contribution in [2.45, 2.75) is 34.2 Å². The van der Waals surface area contributed by atoms with Gasteiger partial charge in [-0.1, -0.05) is 27.7 Å². The van der Waals surface area contributed by atoms with Crippen molar-refractivity contribution in [2.75, 3.05) is 0 Å². The van der Waals surface area contributed by atoms with Crippen molar-refractivity contribution < 1.29 is 21.2 Å². The van der Waals surface area contributed by atoms with Crippen LogP contribution in [0.15, 0.2) is 6.07 Å². The first-order valence-corrected chi connectivity index (χ1v) is 13.3. The molecule has 0 unspecified atom stereocenters. The Morgan fingerprint density at radius 1 is 1.43 bits per heavy atom. The zero-order chi connectivity index (χ0) is 11.3. The van der Waals surface area contributed by atoms with Crippen molar-refractivity contribution in [1.29, 1.82) is 0 Å². The maximum Gasteiger partial charge on any atom is -0.0630 e. The summed E-state index contributed by atoms with van der Waals surface area (Å²) < 4.78 is 9.83. The standard InChI is InChI=1S/C9H13.CH6Si2.O.Ti/c1-6-5-7(2)9(4)8(6)3;1-3-2;;/h5H,1-4H3;1-2H3;;/q-1;;;. The van der Waals surface area contributed by atoms with Gasteiger partial charge in [0.2, 0.25) is 0 Å². The van der Waals surface area contributed by atoms with Crippen LogP contribution in [0.5, 0.6) is 0 Å². The van der Waals surface area contributed by atoms with Gasteiger partial charge < -0.3 is 0 Å². The van der Waals surface area contributed by atoms with E-state index in [4.69, 9.17) is 0 Å². The van der Waals surface area contributed by atoms with Crippen LogP contribution >= 0.6 is 0 Å². The van der Waals surface area contributed by atoms with E-state index in [1.807, 2.05) is 0 Å². The molecule has 1 nitrogen and oxygen atoms in total. The van der Waals surface area contributed by atoms with Gasteiger partial charge in [-0.3, -0.25) is 0 Å². The molecule has 0 saturated carbocycles. The summed E-state index contributed by atoms with van der Waals surface area (Å²) in [4.78, 5) is 0. The second kappa shape index (κ2) is 6.72. The van der Waals surface area contributed by atoms with Gasteiger partial charge in [-0.15, -0.1) is 0 Å². The topological polar surface area (TPSA) is 17.1 Å². The van der Waals surface area contributed by atoms with E-state index >= 15 is 0 Å². The zero-order valence-electron chi connectivity index (χ0n) is 9.99. The van der Waals surface area contributed by atoms with Gasteiger partial charge in [0.1, 0.15) is 0 Å². The molecule has 0 aliphatic carbocycles. The number of aryl methyl sites for hydroxylation is 2. The summed E-state index contributed by atoms with van der Waals surface area (Å²) in [5.74, 6) is 0. The van der Waals surface area contributed by atoms with E-state index in [1.54, 1.807) is 0 Å². The van der Waals surface area contributed by atoms with Crippen molar-refractivity contribution in [3.63, 3.8) is 0 Å². The van der Waals surface area contributed by atoms with Gasteiger partial charge in [0, 0.05) is 0 Å². The van der Waals surface area contributed by atoms with Crippen molar-refractivity contribution in [1.82, 2.24) is 0 Å². The fraction of sp³-hybridized carbons (Fsp3) is 0.500. The Morgan fingerprint density at radius 2 is 1.86 bits per heavy atom. The molecule has 0 radical (unpaired) electrons. The van der Waals surface area contributed by atoms with E-state index in [-0.39, 0.29) is 5.70 Å². The van der Waals surface area contributed by atoms with Gasteiger partial charge in [-0.25, -0.2) is 0 Å². The summed E-state index contributed by atoms with van der Waals surface area (Å²) in [5, 5.41) is 0. The molecule has 0 N–H and O–H groups in total. The summed E-state index contributed by atoms with van der Waals surface area (Å²) in [6.45, 7) is 10.8. The van der Waals surface area contributed by atoms with Crippen molar-refractivity contribution in [3.8, 4) is 0 Å². The molecule has 0 aliphatic rings. The molecule has 78 valence electrons. The molecule has 1 aromatic rings. The Morgan fingerprint density at radius 3 is 1.93 bits per heavy atom. The van der Waals surface area contributed by atoms with E-state index in [2.05, 4.69) is 40.3 Å². The largest absolute Gasteiger partial charge is 0.199 e. The third-order valence-electron chi connectivity index (χ3n) is 2.38. The monoisotopic (exact) mass is 259 g/mol. The summed E-state index contributed by atoms with van der Waals surface area (Å²) in [7, 11) is 1.21. The fourth-order valence-electron chi connectivity index (χ4n) is 1.13. The molecule has 1 rings (SSSR count). The molecule has 0 spiro atoms. The first-order chi connectivity index (χ1) is 6.40. The molecule has 0 fully saturated rings. The van der Waals surface area contributed by atoms with E-state index in [9.17, 15) is 3.32 Å². The first-order valence-electron chi connectivity index (χ1n) is 4.78. The van der Waals surface area contributed by atoms with Gasteiger partial charge >= 0.3 is 43.2 Å². The van der Waals surface area contributed by atoms with E-state index < -0.39 is 17.9 Å².